The summed E-state index contributed by atoms with van der Waals surface area (Å²) in [6.07, 6.45) is 0. The fraction of sp³-hybridized carbons (Fsp3) is 0.167. The molecule has 0 bridgehead atoms. The van der Waals surface area contributed by atoms with Crippen LogP contribution in [-0.4, -0.2) is 13.3 Å². The zero-order valence-corrected chi connectivity index (χ0v) is 12.7. The van der Waals surface area contributed by atoms with Crippen molar-refractivity contribution in [1.29, 1.82) is 0 Å². The van der Waals surface area contributed by atoms with Crippen molar-refractivity contribution in [3.63, 3.8) is 0 Å². The highest BCUT2D eigenvalue weighted by Crippen LogP contribution is 2.26. The normalized spacial score (nSPS) is 11.5. The number of rotatable bonds is 5. The summed E-state index contributed by atoms with van der Waals surface area (Å²) in [6, 6.07) is 7.13. The predicted molar refractivity (Wildman–Crippen MR) is 80.6 cm³/mol. The first-order chi connectivity index (χ1) is 9.79. The number of nitro benzene ring substituents is 1. The summed E-state index contributed by atoms with van der Waals surface area (Å²) in [6.45, 7) is 1.98. The summed E-state index contributed by atoms with van der Waals surface area (Å²) in [4.78, 5) is 11.6. The molecule has 2 rings (SSSR count). The second-order valence-electron chi connectivity index (χ2n) is 4.32. The van der Waals surface area contributed by atoms with Gasteiger partial charge in [0.15, 0.2) is 4.90 Å². The van der Waals surface area contributed by atoms with E-state index in [2.05, 4.69) is 4.72 Å². The van der Waals surface area contributed by atoms with Crippen LogP contribution in [0.15, 0.2) is 35.2 Å². The Morgan fingerprint density at radius 2 is 2.05 bits per heavy atom. The molecule has 112 valence electrons. The summed E-state index contributed by atoms with van der Waals surface area (Å²) in [5.74, 6) is 0. The molecule has 0 aliphatic carbocycles. The molecule has 0 fully saturated rings. The monoisotopic (exact) mass is 327 g/mol. The van der Waals surface area contributed by atoms with Crippen LogP contribution in [0, 0.1) is 17.0 Å². The number of aryl methyl sites for hydroxylation is 1. The van der Waals surface area contributed by atoms with Crippen molar-refractivity contribution in [3.8, 4) is 0 Å². The first-order valence-electron chi connectivity index (χ1n) is 5.88. The predicted octanol–water partition coefficient (Wildman–Crippen LogP) is 2.03. The maximum absolute atomic E-state index is 12.2. The van der Waals surface area contributed by atoms with Crippen molar-refractivity contribution in [3.05, 3.63) is 50.2 Å². The van der Waals surface area contributed by atoms with Gasteiger partial charge in [-0.2, -0.15) is 0 Å². The molecule has 0 amide bonds. The van der Waals surface area contributed by atoms with Crippen LogP contribution >= 0.6 is 11.3 Å². The highest BCUT2D eigenvalue weighted by molar-refractivity contribution is 7.89. The SMILES string of the molecule is Cc1ccc(CNS(=O)(=O)c2cc(N)ccc2[N+](=O)[O-])s1. The molecule has 0 aliphatic rings. The molecule has 3 N–H and O–H groups in total. The average Bonchev–Trinajstić information content (AvgIpc) is 2.82. The molecule has 21 heavy (non-hydrogen) atoms. The lowest BCUT2D eigenvalue weighted by Gasteiger charge is -2.07. The molecule has 0 spiro atoms. The molecule has 1 aromatic heterocycles. The van der Waals surface area contributed by atoms with E-state index < -0.39 is 25.5 Å². The minimum atomic E-state index is -4.01. The molecule has 7 nitrogen and oxygen atoms in total. The second-order valence-corrected chi connectivity index (χ2v) is 7.43. The highest BCUT2D eigenvalue weighted by atomic mass is 32.2. The minimum Gasteiger partial charge on any atom is -0.399 e. The van der Waals surface area contributed by atoms with E-state index in [1.807, 2.05) is 13.0 Å². The third-order valence-corrected chi connectivity index (χ3v) is 5.13. The maximum atomic E-state index is 12.2. The lowest BCUT2D eigenvalue weighted by molar-refractivity contribution is -0.387. The van der Waals surface area contributed by atoms with E-state index in [0.717, 1.165) is 21.9 Å². The van der Waals surface area contributed by atoms with Crippen LogP contribution in [-0.2, 0) is 16.6 Å². The van der Waals surface area contributed by atoms with Crippen molar-refractivity contribution in [2.24, 2.45) is 0 Å². The number of benzene rings is 1. The molecule has 0 atom stereocenters. The number of nitro groups is 1. The van der Waals surface area contributed by atoms with Crippen LogP contribution in [0.3, 0.4) is 0 Å². The van der Waals surface area contributed by atoms with Gasteiger partial charge in [-0.3, -0.25) is 10.1 Å². The van der Waals surface area contributed by atoms with E-state index in [1.54, 1.807) is 6.07 Å². The number of hydrogen-bond acceptors (Lipinski definition) is 6. The summed E-state index contributed by atoms with van der Waals surface area (Å²) < 4.78 is 26.8. The lowest BCUT2D eigenvalue weighted by atomic mass is 10.3. The third kappa shape index (κ3) is 3.57. The van der Waals surface area contributed by atoms with Crippen molar-refractivity contribution in [1.82, 2.24) is 4.72 Å². The number of anilines is 1. The number of hydrogen-bond donors (Lipinski definition) is 2. The lowest BCUT2D eigenvalue weighted by Crippen LogP contribution is -2.23. The Hall–Kier alpha value is -1.97. The highest BCUT2D eigenvalue weighted by Gasteiger charge is 2.25. The minimum absolute atomic E-state index is 0.0762. The van der Waals surface area contributed by atoms with Gasteiger partial charge in [0.1, 0.15) is 0 Å². The number of nitrogens with one attached hydrogen (secondary N) is 1. The van der Waals surface area contributed by atoms with Gasteiger partial charge in [-0.15, -0.1) is 11.3 Å². The first-order valence-corrected chi connectivity index (χ1v) is 8.18. The zero-order valence-electron chi connectivity index (χ0n) is 11.1. The Balaban J connectivity index is 2.31. The van der Waals surface area contributed by atoms with Crippen LogP contribution < -0.4 is 10.5 Å². The van der Waals surface area contributed by atoms with Gasteiger partial charge >= 0.3 is 0 Å². The fourth-order valence-electron chi connectivity index (χ4n) is 1.72. The van der Waals surface area contributed by atoms with E-state index >= 15 is 0 Å². The fourth-order valence-corrected chi connectivity index (χ4v) is 3.85. The van der Waals surface area contributed by atoms with Crippen LogP contribution in [0.1, 0.15) is 9.75 Å². The zero-order chi connectivity index (χ0) is 15.6. The van der Waals surface area contributed by atoms with Gasteiger partial charge in [0.2, 0.25) is 10.0 Å². The van der Waals surface area contributed by atoms with E-state index in [4.69, 9.17) is 5.73 Å². The Morgan fingerprint density at radius 3 is 2.62 bits per heavy atom. The molecule has 0 radical (unpaired) electrons. The van der Waals surface area contributed by atoms with Gasteiger partial charge in [0.05, 0.1) is 4.92 Å². The van der Waals surface area contributed by atoms with Gasteiger partial charge < -0.3 is 5.73 Å². The molecular formula is C12H13N3O4S2. The summed E-state index contributed by atoms with van der Waals surface area (Å²) in [7, 11) is -4.01. The Kier molecular flexibility index (Phi) is 4.26. The number of nitrogens with two attached hydrogens (primary N) is 1. The standard InChI is InChI=1S/C12H13N3O4S2/c1-8-2-4-10(20-8)7-14-21(18,19)12-6-9(13)3-5-11(12)15(16)17/h2-6,14H,7,13H2,1H3. The Labute approximate surface area is 125 Å². The van der Waals surface area contributed by atoms with Crippen LogP contribution in [0.5, 0.6) is 0 Å². The smallest absolute Gasteiger partial charge is 0.289 e. The summed E-state index contributed by atoms with van der Waals surface area (Å²) >= 11 is 1.45. The molecule has 0 aliphatic heterocycles. The molecule has 9 heteroatoms. The molecule has 0 saturated heterocycles. The van der Waals surface area contributed by atoms with Crippen molar-refractivity contribution in [2.75, 3.05) is 5.73 Å². The summed E-state index contributed by atoms with van der Waals surface area (Å²) in [5, 5.41) is 10.9. The Bertz CT molecular complexity index is 784. The Morgan fingerprint density at radius 1 is 1.33 bits per heavy atom. The van der Waals surface area contributed by atoms with Gasteiger partial charge in [0, 0.05) is 28.1 Å². The number of sulfonamides is 1. The topological polar surface area (TPSA) is 115 Å². The number of thiophene rings is 1. The molecule has 1 heterocycles. The maximum Gasteiger partial charge on any atom is 0.289 e. The third-order valence-electron chi connectivity index (χ3n) is 2.70. The average molecular weight is 327 g/mol. The molecule has 2 aromatic rings. The molecular weight excluding hydrogens is 314 g/mol. The largest absolute Gasteiger partial charge is 0.399 e. The second kappa shape index (κ2) is 5.80. The van der Waals surface area contributed by atoms with Crippen molar-refractivity contribution < 1.29 is 13.3 Å². The van der Waals surface area contributed by atoms with Gasteiger partial charge in [-0.25, -0.2) is 13.1 Å². The van der Waals surface area contributed by atoms with Crippen LogP contribution in [0.4, 0.5) is 11.4 Å². The van der Waals surface area contributed by atoms with Gasteiger partial charge in [-0.05, 0) is 31.2 Å². The van der Waals surface area contributed by atoms with Crippen molar-refractivity contribution >= 4 is 32.7 Å². The molecule has 0 unspecified atom stereocenters. The number of nitrogens with zero attached hydrogens (tertiary/aromatic N) is 1. The summed E-state index contributed by atoms with van der Waals surface area (Å²) in [5.41, 5.74) is 5.17. The van der Waals surface area contributed by atoms with Crippen molar-refractivity contribution in [2.45, 2.75) is 18.4 Å². The molecule has 1 aromatic carbocycles. The number of nitrogen functional groups attached to an aromatic ring is 1. The van der Waals surface area contributed by atoms with Gasteiger partial charge in [0.25, 0.3) is 5.69 Å². The van der Waals surface area contributed by atoms with Crippen LogP contribution in [0.25, 0.3) is 0 Å². The quantitative estimate of drug-likeness (QED) is 0.495. The van der Waals surface area contributed by atoms with Gasteiger partial charge in [-0.1, -0.05) is 0 Å². The van der Waals surface area contributed by atoms with Crippen LogP contribution in [0.2, 0.25) is 0 Å². The first kappa shape index (κ1) is 15.4. The van der Waals surface area contributed by atoms with E-state index in [9.17, 15) is 18.5 Å². The molecule has 0 saturated carbocycles. The van der Waals surface area contributed by atoms with E-state index in [0.29, 0.717) is 0 Å². The van der Waals surface area contributed by atoms with E-state index in [-0.39, 0.29) is 12.2 Å². The van der Waals surface area contributed by atoms with E-state index in [1.165, 1.54) is 17.4 Å².